The molecular weight excluding hydrogens is 941 g/mol. The first-order valence-electron chi connectivity index (χ1n) is 25.6. The predicted octanol–water partition coefficient (Wildman–Crippen LogP) is 21.7. The van der Waals surface area contributed by atoms with Gasteiger partial charge in [-0.1, -0.05) is 125 Å². The van der Waals surface area contributed by atoms with Crippen LogP contribution in [0.1, 0.15) is 50.7 Å². The molecule has 0 spiro atoms. The van der Waals surface area contributed by atoms with Crippen LogP contribution in [0.4, 0.5) is 34.1 Å². The van der Waals surface area contributed by atoms with Gasteiger partial charge in [0.25, 0.3) is 0 Å². The molecule has 0 N–H and O–H groups in total. The van der Waals surface area contributed by atoms with Crippen LogP contribution >= 0.6 is 22.7 Å². The van der Waals surface area contributed by atoms with Gasteiger partial charge in [-0.05, 0) is 154 Å². The van der Waals surface area contributed by atoms with Crippen molar-refractivity contribution < 1.29 is 8.83 Å². The van der Waals surface area contributed by atoms with Gasteiger partial charge in [-0.15, -0.1) is 22.7 Å². The lowest BCUT2D eigenvalue weighted by atomic mass is 10.00. The van der Waals surface area contributed by atoms with Crippen LogP contribution in [-0.2, 0) is 0 Å². The molecule has 0 fully saturated rings. The number of hydrogen-bond donors (Lipinski definition) is 0. The summed E-state index contributed by atoms with van der Waals surface area (Å²) < 4.78 is 18.5. The summed E-state index contributed by atoms with van der Waals surface area (Å²) >= 11 is 3.78. The molecule has 0 aliphatic heterocycles. The molecule has 0 radical (unpaired) electrons. The Labute approximate surface area is 435 Å². The molecule has 0 atom stereocenters. The molecule has 4 heterocycles. The van der Waals surface area contributed by atoms with Gasteiger partial charge >= 0.3 is 0 Å². The highest BCUT2D eigenvalue weighted by atomic mass is 32.1. The van der Waals surface area contributed by atoms with Gasteiger partial charge in [-0.2, -0.15) is 0 Å². The zero-order chi connectivity index (χ0) is 49.3. The topological polar surface area (TPSA) is 32.8 Å². The average Bonchev–Trinajstić information content (AvgIpc) is 4.24. The van der Waals surface area contributed by atoms with Crippen molar-refractivity contribution in [3.63, 3.8) is 0 Å². The molecule has 354 valence electrons. The van der Waals surface area contributed by atoms with Crippen molar-refractivity contribution in [1.29, 1.82) is 0 Å². The summed E-state index contributed by atoms with van der Waals surface area (Å²) in [6, 6.07) is 75.9. The van der Waals surface area contributed by atoms with Crippen LogP contribution in [0.15, 0.2) is 215 Å². The van der Waals surface area contributed by atoms with E-state index in [9.17, 15) is 0 Å². The molecule has 0 unspecified atom stereocenters. The van der Waals surface area contributed by atoms with E-state index in [-0.39, 0.29) is 0 Å². The molecular formula is C68H48N2O2S2. The highest BCUT2D eigenvalue weighted by molar-refractivity contribution is 7.28. The normalized spacial score (nSPS) is 12.3. The summed E-state index contributed by atoms with van der Waals surface area (Å²) in [6.45, 7) is 8.99. The van der Waals surface area contributed by atoms with Crippen molar-refractivity contribution in [2.45, 2.75) is 39.5 Å². The predicted molar refractivity (Wildman–Crippen MR) is 319 cm³/mol. The van der Waals surface area contributed by atoms with Crippen LogP contribution in [0.5, 0.6) is 0 Å². The van der Waals surface area contributed by atoms with E-state index in [0.717, 1.165) is 78.0 Å². The summed E-state index contributed by atoms with van der Waals surface area (Å²) in [6.07, 6.45) is 0. The van der Waals surface area contributed by atoms with Crippen LogP contribution in [0.2, 0.25) is 0 Å². The summed E-state index contributed by atoms with van der Waals surface area (Å²) in [5.41, 5.74) is 12.6. The number of anilines is 6. The quantitative estimate of drug-likeness (QED) is 0.152. The molecule has 0 aliphatic rings. The number of thiophene rings is 2. The zero-order valence-electron chi connectivity index (χ0n) is 41.3. The van der Waals surface area contributed by atoms with Gasteiger partial charge in [-0.3, -0.25) is 0 Å². The highest BCUT2D eigenvalue weighted by Gasteiger charge is 2.23. The monoisotopic (exact) mass is 988 g/mol. The first-order valence-corrected chi connectivity index (χ1v) is 27.2. The van der Waals surface area contributed by atoms with Crippen molar-refractivity contribution in [2.24, 2.45) is 0 Å². The minimum Gasteiger partial charge on any atom is -0.454 e. The van der Waals surface area contributed by atoms with Gasteiger partial charge in [0.2, 0.25) is 0 Å². The second-order valence-corrected chi connectivity index (χ2v) is 22.6. The van der Waals surface area contributed by atoms with E-state index in [0.29, 0.717) is 11.8 Å². The lowest BCUT2D eigenvalue weighted by Crippen LogP contribution is -2.10. The number of benzene rings is 11. The van der Waals surface area contributed by atoms with Crippen LogP contribution < -0.4 is 9.80 Å². The number of furan rings is 2. The Morgan fingerprint density at radius 1 is 0.324 bits per heavy atom. The summed E-state index contributed by atoms with van der Waals surface area (Å²) in [5, 5.41) is 14.6. The minimum atomic E-state index is 0.439. The Kier molecular flexibility index (Phi) is 9.66. The first kappa shape index (κ1) is 43.2. The smallest absolute Gasteiger partial charge is 0.159 e. The second kappa shape index (κ2) is 16.6. The standard InChI is InChI=1S/C68H48N2O2S2/c1-39(2)41-19-25-47(26-20-41)69(57-15-9-13-53-51-11-5-7-17-59(51)71-67(53)57)49-29-23-43-35-55-63(37-45(43)33-49)73-61-31-32-62-66(65(55)61)56-36-44-24-30-50(34-46(44)38-64(56)74-62)70(48-27-21-42(22-28-48)40(3)4)58-16-10-14-54-52-12-6-8-18-60(52)72-68(54)58/h5-40H,1-4H3. The van der Waals surface area contributed by atoms with E-state index in [2.05, 4.69) is 232 Å². The molecule has 6 heteroatoms. The third kappa shape index (κ3) is 6.71. The SMILES string of the molecule is CC(C)c1ccc(N(c2ccc3cc4c(cc3c2)sc2ccc3sc5cc6cc(N(c7ccc(C(C)C)cc7)c7cccc8c7oc7ccccc78)ccc6cc5c3c24)c2cccc3c2oc2ccccc23)cc1. The van der Waals surface area contributed by atoms with Crippen molar-refractivity contribution >= 4 is 163 Å². The summed E-state index contributed by atoms with van der Waals surface area (Å²) in [7, 11) is 0. The Hall–Kier alpha value is -8.42. The number of rotatable bonds is 8. The van der Waals surface area contributed by atoms with E-state index < -0.39 is 0 Å². The maximum absolute atomic E-state index is 6.67. The maximum atomic E-state index is 6.67. The summed E-state index contributed by atoms with van der Waals surface area (Å²) in [5.74, 6) is 0.878. The third-order valence-corrected chi connectivity index (χ3v) is 17.6. The molecule has 74 heavy (non-hydrogen) atoms. The van der Waals surface area contributed by atoms with Crippen LogP contribution in [0.3, 0.4) is 0 Å². The number of nitrogens with zero attached hydrogens (tertiary/aromatic N) is 2. The van der Waals surface area contributed by atoms with E-state index in [1.54, 1.807) is 0 Å². The maximum Gasteiger partial charge on any atom is 0.159 e. The summed E-state index contributed by atoms with van der Waals surface area (Å²) in [4.78, 5) is 4.72. The first-order chi connectivity index (χ1) is 36.3. The molecule has 0 amide bonds. The zero-order valence-corrected chi connectivity index (χ0v) is 42.9. The molecule has 11 aromatic carbocycles. The molecule has 0 saturated carbocycles. The Balaban J connectivity index is 0.861. The van der Waals surface area contributed by atoms with Gasteiger partial charge < -0.3 is 18.6 Å². The van der Waals surface area contributed by atoms with Crippen molar-refractivity contribution in [2.75, 3.05) is 9.80 Å². The van der Waals surface area contributed by atoms with E-state index in [1.807, 2.05) is 34.8 Å². The number of para-hydroxylation sites is 4. The van der Waals surface area contributed by atoms with E-state index in [1.165, 1.54) is 73.0 Å². The Morgan fingerprint density at radius 2 is 0.730 bits per heavy atom. The Morgan fingerprint density at radius 3 is 1.16 bits per heavy atom. The molecule has 15 aromatic rings. The fraction of sp³-hybridized carbons (Fsp3) is 0.0882. The van der Waals surface area contributed by atoms with Gasteiger partial charge in [-0.25, -0.2) is 0 Å². The van der Waals surface area contributed by atoms with E-state index in [4.69, 9.17) is 8.83 Å². The average molecular weight is 989 g/mol. The third-order valence-electron chi connectivity index (χ3n) is 15.4. The van der Waals surface area contributed by atoms with Gasteiger partial charge in [0.05, 0.1) is 11.4 Å². The number of hydrogen-bond acceptors (Lipinski definition) is 6. The molecule has 15 rings (SSSR count). The highest BCUT2D eigenvalue weighted by Crippen LogP contribution is 2.49. The fourth-order valence-corrected chi connectivity index (χ4v) is 13.8. The van der Waals surface area contributed by atoms with Gasteiger partial charge in [0.15, 0.2) is 11.2 Å². The van der Waals surface area contributed by atoms with Crippen molar-refractivity contribution in [1.82, 2.24) is 0 Å². The largest absolute Gasteiger partial charge is 0.454 e. The van der Waals surface area contributed by atoms with Crippen LogP contribution in [0, 0.1) is 0 Å². The molecule has 0 bridgehead atoms. The lowest BCUT2D eigenvalue weighted by Gasteiger charge is -2.26. The second-order valence-electron chi connectivity index (χ2n) is 20.4. The van der Waals surface area contributed by atoms with Gasteiger partial charge in [0, 0.05) is 84.6 Å². The van der Waals surface area contributed by atoms with Crippen LogP contribution in [-0.4, -0.2) is 0 Å². The molecule has 0 aliphatic carbocycles. The van der Waals surface area contributed by atoms with E-state index >= 15 is 0 Å². The van der Waals surface area contributed by atoms with Crippen molar-refractivity contribution in [3.8, 4) is 0 Å². The van der Waals surface area contributed by atoms with Gasteiger partial charge in [0.1, 0.15) is 11.2 Å². The minimum absolute atomic E-state index is 0.439. The fourth-order valence-electron chi connectivity index (χ4n) is 11.6. The molecule has 4 aromatic heterocycles. The Bertz CT molecular complexity index is 4440. The number of fused-ring (bicyclic) bond motifs is 15. The van der Waals surface area contributed by atoms with Crippen LogP contribution in [0.25, 0.3) is 106 Å². The van der Waals surface area contributed by atoms with Crippen molar-refractivity contribution in [3.05, 3.63) is 217 Å². The molecule has 0 saturated heterocycles. The molecule has 4 nitrogen and oxygen atoms in total. The lowest BCUT2D eigenvalue weighted by molar-refractivity contribution is 0.668.